The molecular formula is C37H66N2. The van der Waals surface area contributed by atoms with Crippen molar-refractivity contribution >= 4 is 0 Å². The number of nitrogens with zero attached hydrogens (tertiary/aromatic N) is 2. The minimum Gasteiger partial charge on any atom is -0.356 e. The second-order valence-electron chi connectivity index (χ2n) is 12.4. The molecular weight excluding hydrogens is 472 g/mol. The summed E-state index contributed by atoms with van der Waals surface area (Å²) < 4.78 is 0. The van der Waals surface area contributed by atoms with E-state index < -0.39 is 0 Å². The Hall–Kier alpha value is -1.44. The van der Waals surface area contributed by atoms with Crippen LogP contribution < -0.4 is 0 Å². The van der Waals surface area contributed by atoms with Gasteiger partial charge in [0.1, 0.15) is 6.17 Å². The molecule has 1 heterocycles. The van der Waals surface area contributed by atoms with E-state index in [0.717, 1.165) is 6.42 Å². The lowest BCUT2D eigenvalue weighted by Crippen LogP contribution is -2.41. The van der Waals surface area contributed by atoms with Gasteiger partial charge in [0.15, 0.2) is 0 Å². The molecule has 0 aliphatic carbocycles. The predicted octanol–water partition coefficient (Wildman–Crippen LogP) is 11.7. The quantitative estimate of drug-likeness (QED) is 0.103. The lowest BCUT2D eigenvalue weighted by molar-refractivity contribution is 0.148. The zero-order valence-corrected chi connectivity index (χ0v) is 26.4. The fourth-order valence-corrected chi connectivity index (χ4v) is 6.16. The second kappa shape index (κ2) is 24.4. The summed E-state index contributed by atoms with van der Waals surface area (Å²) in [5.74, 6) is 0. The maximum Gasteiger partial charge on any atom is 0.105 e. The van der Waals surface area contributed by atoms with E-state index in [-0.39, 0.29) is 0 Å². The SMILES string of the molecule is CCCCCCCCCCCCCCCN1C=CN(CCCCCCCCCCCC)C1Cc1ccccc1. The molecule has 1 atom stereocenters. The van der Waals surface area contributed by atoms with E-state index in [2.05, 4.69) is 66.4 Å². The van der Waals surface area contributed by atoms with Gasteiger partial charge in [-0.3, -0.25) is 0 Å². The van der Waals surface area contributed by atoms with Gasteiger partial charge in [0.2, 0.25) is 0 Å². The van der Waals surface area contributed by atoms with Crippen LogP contribution in [0.5, 0.6) is 0 Å². The molecule has 2 heteroatoms. The average molecular weight is 539 g/mol. The Morgan fingerprint density at radius 2 is 0.769 bits per heavy atom. The zero-order chi connectivity index (χ0) is 27.6. The topological polar surface area (TPSA) is 6.48 Å². The predicted molar refractivity (Wildman–Crippen MR) is 174 cm³/mol. The van der Waals surface area contributed by atoms with Gasteiger partial charge < -0.3 is 9.80 Å². The third kappa shape index (κ3) is 17.1. The Morgan fingerprint density at radius 3 is 1.13 bits per heavy atom. The summed E-state index contributed by atoms with van der Waals surface area (Å²) in [6, 6.07) is 11.1. The van der Waals surface area contributed by atoms with Crippen LogP contribution in [0.1, 0.15) is 167 Å². The first-order valence-electron chi connectivity index (χ1n) is 17.6. The van der Waals surface area contributed by atoms with E-state index in [1.807, 2.05) is 0 Å². The van der Waals surface area contributed by atoms with Crippen molar-refractivity contribution in [2.75, 3.05) is 13.1 Å². The monoisotopic (exact) mass is 539 g/mol. The number of benzene rings is 1. The van der Waals surface area contributed by atoms with E-state index >= 15 is 0 Å². The normalized spacial score (nSPS) is 15.1. The molecule has 1 unspecified atom stereocenters. The Kier molecular flexibility index (Phi) is 21.1. The van der Waals surface area contributed by atoms with E-state index in [9.17, 15) is 0 Å². The molecule has 1 aromatic carbocycles. The Bertz CT molecular complexity index is 669. The molecule has 0 aromatic heterocycles. The summed E-state index contributed by atoms with van der Waals surface area (Å²) in [6.07, 6.45) is 39.1. The summed E-state index contributed by atoms with van der Waals surface area (Å²) in [4.78, 5) is 5.28. The number of hydrogen-bond acceptors (Lipinski definition) is 2. The van der Waals surface area contributed by atoms with Gasteiger partial charge in [-0.2, -0.15) is 0 Å². The van der Waals surface area contributed by atoms with Gasteiger partial charge in [0, 0.05) is 31.9 Å². The van der Waals surface area contributed by atoms with Crippen molar-refractivity contribution in [1.82, 2.24) is 9.80 Å². The molecule has 1 aliphatic heterocycles. The molecule has 0 spiro atoms. The molecule has 224 valence electrons. The highest BCUT2D eigenvalue weighted by atomic mass is 15.4. The highest BCUT2D eigenvalue weighted by molar-refractivity contribution is 5.17. The number of rotatable bonds is 27. The summed E-state index contributed by atoms with van der Waals surface area (Å²) in [6.45, 7) is 7.03. The third-order valence-corrected chi connectivity index (χ3v) is 8.77. The Labute approximate surface area is 245 Å². The largest absolute Gasteiger partial charge is 0.356 e. The van der Waals surface area contributed by atoms with Crippen molar-refractivity contribution < 1.29 is 0 Å². The molecule has 0 bridgehead atoms. The lowest BCUT2D eigenvalue weighted by Gasteiger charge is -2.33. The van der Waals surface area contributed by atoms with Gasteiger partial charge >= 0.3 is 0 Å². The first kappa shape index (κ1) is 33.8. The van der Waals surface area contributed by atoms with Gasteiger partial charge in [-0.05, 0) is 18.4 Å². The van der Waals surface area contributed by atoms with Gasteiger partial charge in [-0.25, -0.2) is 0 Å². The first-order valence-corrected chi connectivity index (χ1v) is 17.6. The van der Waals surface area contributed by atoms with Gasteiger partial charge in [0.05, 0.1) is 0 Å². The highest BCUT2D eigenvalue weighted by Gasteiger charge is 2.25. The minimum atomic E-state index is 0.503. The van der Waals surface area contributed by atoms with Crippen LogP contribution in [0.25, 0.3) is 0 Å². The smallest absolute Gasteiger partial charge is 0.105 e. The molecule has 0 radical (unpaired) electrons. The highest BCUT2D eigenvalue weighted by Crippen LogP contribution is 2.23. The van der Waals surface area contributed by atoms with Crippen LogP contribution in [0.3, 0.4) is 0 Å². The van der Waals surface area contributed by atoms with E-state index in [1.54, 1.807) is 0 Å². The summed E-state index contributed by atoms with van der Waals surface area (Å²) in [5, 5.41) is 0. The van der Waals surface area contributed by atoms with Crippen molar-refractivity contribution in [3.63, 3.8) is 0 Å². The first-order chi connectivity index (χ1) is 19.3. The summed E-state index contributed by atoms with van der Waals surface area (Å²) >= 11 is 0. The fraction of sp³-hybridized carbons (Fsp3) is 0.784. The zero-order valence-electron chi connectivity index (χ0n) is 26.4. The lowest BCUT2D eigenvalue weighted by atomic mass is 10.0. The van der Waals surface area contributed by atoms with Crippen molar-refractivity contribution in [3.05, 3.63) is 48.3 Å². The van der Waals surface area contributed by atoms with Gasteiger partial charge in [-0.15, -0.1) is 0 Å². The maximum atomic E-state index is 2.64. The molecule has 0 N–H and O–H groups in total. The Morgan fingerprint density at radius 1 is 0.436 bits per heavy atom. The molecule has 2 rings (SSSR count). The molecule has 2 nitrogen and oxygen atoms in total. The second-order valence-corrected chi connectivity index (χ2v) is 12.4. The molecule has 0 amide bonds. The molecule has 39 heavy (non-hydrogen) atoms. The molecule has 0 fully saturated rings. The van der Waals surface area contributed by atoms with Crippen molar-refractivity contribution in [2.45, 2.75) is 174 Å². The van der Waals surface area contributed by atoms with Crippen molar-refractivity contribution in [3.8, 4) is 0 Å². The molecule has 0 saturated carbocycles. The van der Waals surface area contributed by atoms with Crippen LogP contribution in [0.15, 0.2) is 42.7 Å². The molecule has 0 saturated heterocycles. The fourth-order valence-electron chi connectivity index (χ4n) is 6.16. The van der Waals surface area contributed by atoms with Crippen LogP contribution >= 0.6 is 0 Å². The summed E-state index contributed by atoms with van der Waals surface area (Å²) in [7, 11) is 0. The van der Waals surface area contributed by atoms with E-state index in [4.69, 9.17) is 0 Å². The number of unbranched alkanes of at least 4 members (excludes halogenated alkanes) is 21. The third-order valence-electron chi connectivity index (χ3n) is 8.77. The van der Waals surface area contributed by atoms with Crippen molar-refractivity contribution in [1.29, 1.82) is 0 Å². The minimum absolute atomic E-state index is 0.503. The van der Waals surface area contributed by atoms with E-state index in [0.29, 0.717) is 6.17 Å². The number of hydrogen-bond donors (Lipinski definition) is 0. The van der Waals surface area contributed by atoms with Gasteiger partial charge in [0.25, 0.3) is 0 Å². The molecule has 1 aromatic rings. The van der Waals surface area contributed by atoms with Crippen molar-refractivity contribution in [2.24, 2.45) is 0 Å². The van der Waals surface area contributed by atoms with Crippen LogP contribution in [0.4, 0.5) is 0 Å². The van der Waals surface area contributed by atoms with E-state index in [1.165, 1.54) is 166 Å². The average Bonchev–Trinajstić information content (AvgIpc) is 3.33. The summed E-state index contributed by atoms with van der Waals surface area (Å²) in [5.41, 5.74) is 1.47. The van der Waals surface area contributed by atoms with Gasteiger partial charge in [-0.1, -0.05) is 179 Å². The van der Waals surface area contributed by atoms with Crippen LogP contribution in [-0.4, -0.2) is 29.1 Å². The van der Waals surface area contributed by atoms with Crippen LogP contribution in [-0.2, 0) is 6.42 Å². The molecule has 1 aliphatic rings. The van der Waals surface area contributed by atoms with Crippen LogP contribution in [0, 0.1) is 0 Å². The Balaban J connectivity index is 1.57. The maximum absolute atomic E-state index is 2.64. The standard InChI is InChI=1S/C37H66N2/c1-3-5-7-9-11-13-15-16-17-19-21-23-28-32-39-34-33-38(37(39)35-36-29-25-24-26-30-36)31-27-22-20-18-14-12-10-8-6-4-2/h24-26,29-30,33-34,37H,3-23,27-28,31-32,35H2,1-2H3. The van der Waals surface area contributed by atoms with Crippen LogP contribution in [0.2, 0.25) is 0 Å².